The molecule has 1 aliphatic heterocycles. The van der Waals surface area contributed by atoms with Crippen LogP contribution in [0.4, 0.5) is 0 Å². The maximum Gasteiger partial charge on any atom is 0.274 e. The molecule has 1 fully saturated rings. The van der Waals surface area contributed by atoms with Crippen molar-refractivity contribution < 1.29 is 4.79 Å². The molecule has 1 amide bonds. The van der Waals surface area contributed by atoms with Gasteiger partial charge in [-0.15, -0.1) is 12.4 Å². The van der Waals surface area contributed by atoms with E-state index in [0.717, 1.165) is 38.2 Å². The maximum absolute atomic E-state index is 12.5. The monoisotopic (exact) mass is 314 g/mol. The summed E-state index contributed by atoms with van der Waals surface area (Å²) in [6.07, 6.45) is 2.08. The summed E-state index contributed by atoms with van der Waals surface area (Å²) >= 11 is 0. The molecule has 0 bridgehead atoms. The van der Waals surface area contributed by atoms with Crippen molar-refractivity contribution in [1.82, 2.24) is 20.0 Å². The van der Waals surface area contributed by atoms with Crippen LogP contribution in [0.3, 0.4) is 0 Å². The number of hydrogen-bond donors (Lipinski definition) is 1. The molecule has 1 N–H and O–H groups in total. The Morgan fingerprint density at radius 1 is 1.48 bits per heavy atom. The molecule has 0 radical (unpaired) electrons. The van der Waals surface area contributed by atoms with E-state index in [4.69, 9.17) is 0 Å². The van der Waals surface area contributed by atoms with Crippen LogP contribution in [0, 0.1) is 6.92 Å². The molecule has 0 unspecified atom stereocenters. The van der Waals surface area contributed by atoms with Gasteiger partial charge in [0.2, 0.25) is 0 Å². The highest BCUT2D eigenvalue weighted by Gasteiger charge is 2.24. The van der Waals surface area contributed by atoms with E-state index in [-0.39, 0.29) is 18.3 Å². The number of hydrogen-bond acceptors (Lipinski definition) is 3. The van der Waals surface area contributed by atoms with E-state index >= 15 is 0 Å². The zero-order valence-electron chi connectivity index (χ0n) is 13.4. The van der Waals surface area contributed by atoms with E-state index in [1.807, 2.05) is 22.6 Å². The van der Waals surface area contributed by atoms with Gasteiger partial charge in [-0.05, 0) is 32.8 Å². The second-order valence-electron chi connectivity index (χ2n) is 5.69. The zero-order chi connectivity index (χ0) is 14.7. The van der Waals surface area contributed by atoms with Gasteiger partial charge in [0.05, 0.1) is 6.04 Å². The number of halogens is 1. The van der Waals surface area contributed by atoms with Crippen LogP contribution in [-0.4, -0.2) is 46.3 Å². The number of piperazine rings is 1. The summed E-state index contributed by atoms with van der Waals surface area (Å²) in [5, 5.41) is 7.91. The lowest BCUT2D eigenvalue weighted by Gasteiger charge is -2.31. The second-order valence-corrected chi connectivity index (χ2v) is 5.69. The minimum absolute atomic E-state index is 0. The molecule has 1 atom stereocenters. The molecule has 2 heterocycles. The van der Waals surface area contributed by atoms with Crippen molar-refractivity contribution in [2.24, 2.45) is 0 Å². The van der Waals surface area contributed by atoms with Crippen LogP contribution in [0.1, 0.15) is 55.8 Å². The van der Waals surface area contributed by atoms with Crippen LogP contribution >= 0.6 is 12.4 Å². The third kappa shape index (κ3) is 3.98. The zero-order valence-corrected chi connectivity index (χ0v) is 14.2. The molecule has 2 rings (SSSR count). The Kier molecular flexibility index (Phi) is 6.68. The molecule has 120 valence electrons. The molecule has 0 aromatic carbocycles. The van der Waals surface area contributed by atoms with Crippen molar-refractivity contribution in [3.8, 4) is 0 Å². The number of carbonyl (C=O) groups is 1. The topological polar surface area (TPSA) is 50.2 Å². The van der Waals surface area contributed by atoms with Crippen molar-refractivity contribution in [1.29, 1.82) is 0 Å². The molecule has 1 aromatic rings. The molecular formula is C15H27ClN4O. The normalized spacial score (nSPS) is 18.7. The van der Waals surface area contributed by atoms with E-state index in [1.54, 1.807) is 0 Å². The summed E-state index contributed by atoms with van der Waals surface area (Å²) in [6.45, 7) is 10.8. The Morgan fingerprint density at radius 2 is 2.14 bits per heavy atom. The van der Waals surface area contributed by atoms with Crippen molar-refractivity contribution in [3.05, 3.63) is 17.5 Å². The summed E-state index contributed by atoms with van der Waals surface area (Å²) < 4.78 is 2.01. The lowest BCUT2D eigenvalue weighted by molar-refractivity contribution is 0.0701. The first-order valence-corrected chi connectivity index (χ1v) is 7.65. The smallest absolute Gasteiger partial charge is 0.274 e. The number of aryl methyl sites for hydroxylation is 1. The van der Waals surface area contributed by atoms with Crippen LogP contribution < -0.4 is 5.32 Å². The maximum atomic E-state index is 12.5. The first kappa shape index (κ1) is 18.0. The predicted octanol–water partition coefficient (Wildman–Crippen LogP) is 2.41. The fraction of sp³-hybridized carbons (Fsp3) is 0.733. The van der Waals surface area contributed by atoms with Gasteiger partial charge in [-0.1, -0.05) is 13.8 Å². The van der Waals surface area contributed by atoms with Crippen molar-refractivity contribution in [2.45, 2.75) is 52.6 Å². The Balaban J connectivity index is 0.00000220. The third-order valence-electron chi connectivity index (χ3n) is 4.09. The largest absolute Gasteiger partial charge is 0.334 e. The quantitative estimate of drug-likeness (QED) is 0.928. The van der Waals surface area contributed by atoms with Gasteiger partial charge in [-0.2, -0.15) is 5.10 Å². The number of rotatable bonds is 4. The van der Waals surface area contributed by atoms with Gasteiger partial charge >= 0.3 is 0 Å². The van der Waals surface area contributed by atoms with Crippen LogP contribution in [0.25, 0.3) is 0 Å². The summed E-state index contributed by atoms with van der Waals surface area (Å²) in [5.41, 5.74) is 1.66. The molecule has 0 saturated carbocycles. The van der Waals surface area contributed by atoms with Crippen molar-refractivity contribution in [2.75, 3.05) is 19.6 Å². The summed E-state index contributed by atoms with van der Waals surface area (Å²) in [6, 6.07) is 2.67. The van der Waals surface area contributed by atoms with Crippen molar-refractivity contribution >= 4 is 18.3 Å². The molecule has 1 aliphatic rings. The number of nitrogens with zero attached hydrogens (tertiary/aromatic N) is 3. The van der Waals surface area contributed by atoms with E-state index in [0.29, 0.717) is 17.8 Å². The first-order chi connectivity index (χ1) is 9.56. The standard InChI is InChI=1S/C15H26N4O.ClH/c1-5-13(6-2)19-12(4)9-14(17-19)15(20)18-8-7-16-11(3)10-18;/h9,11,13,16H,5-8,10H2,1-4H3;1H/t11-;/m1./s1. The van der Waals surface area contributed by atoms with Gasteiger partial charge < -0.3 is 10.2 Å². The highest BCUT2D eigenvalue weighted by molar-refractivity contribution is 5.92. The lowest BCUT2D eigenvalue weighted by Crippen LogP contribution is -2.51. The lowest BCUT2D eigenvalue weighted by atomic mass is 10.2. The van der Waals surface area contributed by atoms with Crippen LogP contribution in [0.15, 0.2) is 6.07 Å². The first-order valence-electron chi connectivity index (χ1n) is 7.65. The van der Waals surface area contributed by atoms with E-state index < -0.39 is 0 Å². The van der Waals surface area contributed by atoms with Gasteiger partial charge in [0.1, 0.15) is 0 Å². The van der Waals surface area contributed by atoms with E-state index in [9.17, 15) is 4.79 Å². The number of nitrogens with one attached hydrogen (secondary N) is 1. The molecule has 1 aromatic heterocycles. The Bertz CT molecular complexity index is 470. The third-order valence-corrected chi connectivity index (χ3v) is 4.09. The summed E-state index contributed by atoms with van der Waals surface area (Å²) in [7, 11) is 0. The van der Waals surface area contributed by atoms with E-state index in [1.165, 1.54) is 0 Å². The fourth-order valence-electron chi connectivity index (χ4n) is 2.88. The molecule has 0 spiro atoms. The highest BCUT2D eigenvalue weighted by atomic mass is 35.5. The van der Waals surface area contributed by atoms with Crippen LogP contribution in [0.2, 0.25) is 0 Å². The average Bonchev–Trinajstić information content (AvgIpc) is 2.82. The molecule has 21 heavy (non-hydrogen) atoms. The average molecular weight is 315 g/mol. The molecule has 5 nitrogen and oxygen atoms in total. The van der Waals surface area contributed by atoms with Gasteiger partial charge in [0, 0.05) is 31.4 Å². The van der Waals surface area contributed by atoms with Crippen molar-refractivity contribution in [3.63, 3.8) is 0 Å². The summed E-state index contributed by atoms with van der Waals surface area (Å²) in [5.74, 6) is 0.0613. The Morgan fingerprint density at radius 3 is 2.71 bits per heavy atom. The highest BCUT2D eigenvalue weighted by Crippen LogP contribution is 2.19. The predicted molar refractivity (Wildman–Crippen MR) is 87.2 cm³/mol. The molecule has 0 aliphatic carbocycles. The van der Waals surface area contributed by atoms with Gasteiger partial charge in [-0.25, -0.2) is 0 Å². The van der Waals surface area contributed by atoms with Gasteiger partial charge in [0.15, 0.2) is 5.69 Å². The SMILES string of the molecule is CCC(CC)n1nc(C(=O)N2CCN[C@H](C)C2)cc1C.Cl. The molecular weight excluding hydrogens is 288 g/mol. The fourth-order valence-corrected chi connectivity index (χ4v) is 2.88. The number of carbonyl (C=O) groups excluding carboxylic acids is 1. The second kappa shape index (κ2) is 7.80. The van der Waals surface area contributed by atoms with Crippen LogP contribution in [0.5, 0.6) is 0 Å². The Labute approximate surface area is 133 Å². The number of amides is 1. The number of aromatic nitrogens is 2. The molecule has 1 saturated heterocycles. The van der Waals surface area contributed by atoms with Crippen LogP contribution in [-0.2, 0) is 0 Å². The minimum Gasteiger partial charge on any atom is -0.334 e. The van der Waals surface area contributed by atoms with E-state index in [2.05, 4.69) is 31.2 Å². The van der Waals surface area contributed by atoms with Gasteiger partial charge in [0.25, 0.3) is 5.91 Å². The van der Waals surface area contributed by atoms with Gasteiger partial charge in [-0.3, -0.25) is 9.48 Å². The minimum atomic E-state index is 0. The summed E-state index contributed by atoms with van der Waals surface area (Å²) in [4.78, 5) is 14.4. The Hall–Kier alpha value is -1.07. The molecule has 6 heteroatoms.